The first-order chi connectivity index (χ1) is 9.27. The molecule has 0 saturated carbocycles. The fraction of sp³-hybridized carbons (Fsp3) is 0.214. The molecule has 1 heterocycles. The molecule has 1 unspecified atom stereocenters. The average molecular weight is 287 g/mol. The minimum Gasteiger partial charge on any atom is -0.258 e. The highest BCUT2D eigenvalue weighted by molar-refractivity contribution is 5.33. The van der Waals surface area contributed by atoms with E-state index in [1.54, 1.807) is 13.0 Å². The molecule has 0 saturated heterocycles. The van der Waals surface area contributed by atoms with Crippen molar-refractivity contribution in [3.05, 3.63) is 64.7 Å². The Morgan fingerprint density at radius 2 is 1.80 bits per heavy atom. The zero-order valence-electron chi connectivity index (χ0n) is 10.4. The Kier molecular flexibility index (Phi) is 3.74. The first kappa shape index (κ1) is 14.4. The van der Waals surface area contributed by atoms with Crippen LogP contribution in [0.1, 0.15) is 28.6 Å². The van der Waals surface area contributed by atoms with Crippen LogP contribution < -0.4 is 0 Å². The maximum atomic E-state index is 14.2. The summed E-state index contributed by atoms with van der Waals surface area (Å²) in [7, 11) is 0. The Hall–Kier alpha value is -1.98. The van der Waals surface area contributed by atoms with Crippen LogP contribution in [0.3, 0.4) is 0 Å². The molecule has 1 nitrogen and oxygen atoms in total. The number of pyridine rings is 1. The van der Waals surface area contributed by atoms with E-state index in [1.807, 2.05) is 0 Å². The average Bonchev–Trinajstić information content (AvgIpc) is 2.36. The molecule has 0 spiro atoms. The van der Waals surface area contributed by atoms with Crippen LogP contribution >= 0.6 is 0 Å². The van der Waals surface area contributed by atoms with E-state index in [0.29, 0.717) is 17.7 Å². The number of aromatic nitrogens is 1. The SMILES string of the molecule is Cc1ccnc(C(F)c2cc(F)cc(C(F)(F)F)c2)c1. The van der Waals surface area contributed by atoms with Crippen LogP contribution in [-0.2, 0) is 6.18 Å². The van der Waals surface area contributed by atoms with Crippen molar-refractivity contribution < 1.29 is 22.0 Å². The van der Waals surface area contributed by atoms with Crippen molar-refractivity contribution in [2.24, 2.45) is 0 Å². The van der Waals surface area contributed by atoms with Crippen molar-refractivity contribution in [3.8, 4) is 0 Å². The van der Waals surface area contributed by atoms with E-state index in [4.69, 9.17) is 0 Å². The summed E-state index contributed by atoms with van der Waals surface area (Å²) in [6.07, 6.45) is -5.29. The molecule has 6 heteroatoms. The van der Waals surface area contributed by atoms with E-state index in [2.05, 4.69) is 4.98 Å². The minimum absolute atomic E-state index is 0.0521. The van der Waals surface area contributed by atoms with E-state index in [1.165, 1.54) is 12.3 Å². The van der Waals surface area contributed by atoms with Gasteiger partial charge in [0.05, 0.1) is 11.3 Å². The number of hydrogen-bond donors (Lipinski definition) is 0. The van der Waals surface area contributed by atoms with Gasteiger partial charge in [-0.3, -0.25) is 4.98 Å². The molecule has 20 heavy (non-hydrogen) atoms. The summed E-state index contributed by atoms with van der Waals surface area (Å²) < 4.78 is 65.1. The second kappa shape index (κ2) is 5.19. The van der Waals surface area contributed by atoms with Crippen LogP contribution in [0, 0.1) is 12.7 Å². The van der Waals surface area contributed by atoms with Gasteiger partial charge in [-0.25, -0.2) is 8.78 Å². The van der Waals surface area contributed by atoms with Crippen LogP contribution in [0.5, 0.6) is 0 Å². The second-order valence-electron chi connectivity index (χ2n) is 4.39. The van der Waals surface area contributed by atoms with Crippen molar-refractivity contribution in [1.29, 1.82) is 0 Å². The summed E-state index contributed by atoms with van der Waals surface area (Å²) >= 11 is 0. The first-order valence-electron chi connectivity index (χ1n) is 5.71. The number of halogens is 5. The van der Waals surface area contributed by atoms with Gasteiger partial charge in [-0.1, -0.05) is 0 Å². The summed E-state index contributed by atoms with van der Waals surface area (Å²) in [5.41, 5.74) is -0.966. The highest BCUT2D eigenvalue weighted by atomic mass is 19.4. The Balaban J connectivity index is 2.45. The van der Waals surface area contributed by atoms with E-state index in [0.717, 1.165) is 6.07 Å². The van der Waals surface area contributed by atoms with Crippen LogP contribution in [0.4, 0.5) is 22.0 Å². The lowest BCUT2D eigenvalue weighted by Crippen LogP contribution is -2.08. The molecule has 1 aromatic heterocycles. The number of rotatable bonds is 2. The van der Waals surface area contributed by atoms with E-state index < -0.39 is 29.3 Å². The predicted molar refractivity (Wildman–Crippen MR) is 63.3 cm³/mol. The quantitative estimate of drug-likeness (QED) is 0.735. The molecule has 1 atom stereocenters. The maximum absolute atomic E-state index is 14.2. The molecule has 1 aromatic carbocycles. The Morgan fingerprint density at radius 1 is 1.10 bits per heavy atom. The van der Waals surface area contributed by atoms with Crippen LogP contribution in [0.25, 0.3) is 0 Å². The van der Waals surface area contributed by atoms with E-state index in [9.17, 15) is 22.0 Å². The lowest BCUT2D eigenvalue weighted by molar-refractivity contribution is -0.137. The van der Waals surface area contributed by atoms with Crippen LogP contribution in [0.15, 0.2) is 36.5 Å². The van der Waals surface area contributed by atoms with Crippen molar-refractivity contribution in [1.82, 2.24) is 4.98 Å². The number of hydrogen-bond acceptors (Lipinski definition) is 1. The third-order valence-corrected chi connectivity index (χ3v) is 2.74. The molecular formula is C14H10F5N. The minimum atomic E-state index is -4.73. The predicted octanol–water partition coefficient (Wildman–Crippen LogP) is 4.61. The summed E-state index contributed by atoms with van der Waals surface area (Å²) in [5, 5.41) is 0. The maximum Gasteiger partial charge on any atom is 0.416 e. The van der Waals surface area contributed by atoms with Gasteiger partial charge in [-0.05, 0) is 48.4 Å². The van der Waals surface area contributed by atoms with Crippen molar-refractivity contribution in [3.63, 3.8) is 0 Å². The van der Waals surface area contributed by atoms with Gasteiger partial charge >= 0.3 is 6.18 Å². The topological polar surface area (TPSA) is 12.9 Å². The zero-order chi connectivity index (χ0) is 14.9. The molecule has 0 aliphatic heterocycles. The normalized spacial score (nSPS) is 13.3. The molecule has 2 rings (SSSR count). The number of benzene rings is 1. The third-order valence-electron chi connectivity index (χ3n) is 2.74. The summed E-state index contributed by atoms with van der Waals surface area (Å²) in [6.45, 7) is 1.70. The van der Waals surface area contributed by atoms with Gasteiger partial charge in [0.1, 0.15) is 5.82 Å². The van der Waals surface area contributed by atoms with Gasteiger partial charge in [0.2, 0.25) is 0 Å². The molecule has 0 bridgehead atoms. The van der Waals surface area contributed by atoms with Gasteiger partial charge in [0.15, 0.2) is 6.17 Å². The molecule has 106 valence electrons. The molecule has 2 aromatic rings. The molecule has 0 aliphatic carbocycles. The van der Waals surface area contributed by atoms with Gasteiger partial charge in [-0.15, -0.1) is 0 Å². The number of alkyl halides is 4. The smallest absolute Gasteiger partial charge is 0.258 e. The standard InChI is InChI=1S/C14H10F5N/c1-8-2-3-20-12(4-8)13(16)9-5-10(14(17,18)19)7-11(15)6-9/h2-7,13H,1H3. The van der Waals surface area contributed by atoms with Gasteiger partial charge in [0, 0.05) is 6.20 Å². The van der Waals surface area contributed by atoms with Crippen molar-refractivity contribution in [2.75, 3.05) is 0 Å². The van der Waals surface area contributed by atoms with E-state index in [-0.39, 0.29) is 5.69 Å². The van der Waals surface area contributed by atoms with Crippen molar-refractivity contribution in [2.45, 2.75) is 19.3 Å². The highest BCUT2D eigenvalue weighted by Gasteiger charge is 2.32. The van der Waals surface area contributed by atoms with Crippen LogP contribution in [-0.4, -0.2) is 4.98 Å². The monoisotopic (exact) mass is 287 g/mol. The summed E-state index contributed by atoms with van der Waals surface area (Å²) in [6, 6.07) is 4.70. The Bertz CT molecular complexity index is 621. The third kappa shape index (κ3) is 3.12. The van der Waals surface area contributed by atoms with Gasteiger partial charge in [0.25, 0.3) is 0 Å². The lowest BCUT2D eigenvalue weighted by atomic mass is 10.0. The molecular weight excluding hydrogens is 277 g/mol. The van der Waals surface area contributed by atoms with Gasteiger partial charge in [-0.2, -0.15) is 13.2 Å². The van der Waals surface area contributed by atoms with Crippen LogP contribution in [0.2, 0.25) is 0 Å². The highest BCUT2D eigenvalue weighted by Crippen LogP contribution is 2.34. The fourth-order valence-electron chi connectivity index (χ4n) is 1.79. The second-order valence-corrected chi connectivity index (χ2v) is 4.39. The zero-order valence-corrected chi connectivity index (χ0v) is 10.4. The number of aryl methyl sites for hydroxylation is 1. The Labute approximate surface area is 112 Å². The Morgan fingerprint density at radius 3 is 2.40 bits per heavy atom. The summed E-state index contributed by atoms with van der Waals surface area (Å²) in [5.74, 6) is -1.13. The lowest BCUT2D eigenvalue weighted by Gasteiger charge is -2.12. The molecule has 0 radical (unpaired) electrons. The fourth-order valence-corrected chi connectivity index (χ4v) is 1.79. The largest absolute Gasteiger partial charge is 0.416 e. The van der Waals surface area contributed by atoms with Gasteiger partial charge < -0.3 is 0 Å². The molecule has 0 fully saturated rings. The summed E-state index contributed by atoms with van der Waals surface area (Å²) in [4.78, 5) is 3.76. The molecule has 0 aliphatic rings. The van der Waals surface area contributed by atoms with E-state index >= 15 is 0 Å². The first-order valence-corrected chi connectivity index (χ1v) is 5.71. The molecule has 0 amide bonds. The number of nitrogens with zero attached hydrogens (tertiary/aromatic N) is 1. The molecule has 0 N–H and O–H groups in total. The van der Waals surface area contributed by atoms with Crippen molar-refractivity contribution >= 4 is 0 Å².